The summed E-state index contributed by atoms with van der Waals surface area (Å²) in [5, 5.41) is 3.08. The Morgan fingerprint density at radius 3 is 2.65 bits per heavy atom. The quantitative estimate of drug-likeness (QED) is 0.739. The summed E-state index contributed by atoms with van der Waals surface area (Å²) in [6, 6.07) is 9.02. The van der Waals surface area contributed by atoms with Gasteiger partial charge in [-0.1, -0.05) is 23.9 Å². The van der Waals surface area contributed by atoms with E-state index >= 15 is 0 Å². The standard InChI is InChI=1S/C15H13N5O2S/c1-10(21)20-12-6-3-2-5-11(12)18-15(20)23-9-13(22)19-14-16-7-4-8-17-14/h2-8H,9H2,1H3,(H,16,17,19,22). The van der Waals surface area contributed by atoms with Crippen LogP contribution < -0.4 is 5.32 Å². The monoisotopic (exact) mass is 327 g/mol. The first-order valence-corrected chi connectivity index (χ1v) is 7.82. The lowest BCUT2D eigenvalue weighted by Crippen LogP contribution is -2.16. The lowest BCUT2D eigenvalue weighted by atomic mass is 10.3. The van der Waals surface area contributed by atoms with Crippen LogP contribution in [0.4, 0.5) is 5.95 Å². The molecule has 3 aromatic rings. The summed E-state index contributed by atoms with van der Waals surface area (Å²) in [5.41, 5.74) is 1.45. The maximum Gasteiger partial charge on any atom is 0.237 e. The van der Waals surface area contributed by atoms with Gasteiger partial charge in [0.15, 0.2) is 5.16 Å². The molecule has 0 saturated carbocycles. The van der Waals surface area contributed by atoms with Gasteiger partial charge in [-0.2, -0.15) is 0 Å². The molecule has 7 nitrogen and oxygen atoms in total. The van der Waals surface area contributed by atoms with E-state index in [1.807, 2.05) is 24.3 Å². The van der Waals surface area contributed by atoms with Crippen LogP contribution in [0.5, 0.6) is 0 Å². The van der Waals surface area contributed by atoms with Gasteiger partial charge in [0.05, 0.1) is 16.8 Å². The fourth-order valence-electron chi connectivity index (χ4n) is 2.06. The van der Waals surface area contributed by atoms with Gasteiger partial charge in [0.2, 0.25) is 17.8 Å². The van der Waals surface area contributed by atoms with Crippen molar-refractivity contribution in [2.45, 2.75) is 12.1 Å². The van der Waals surface area contributed by atoms with E-state index in [0.29, 0.717) is 5.16 Å². The molecule has 2 aromatic heterocycles. The number of thioether (sulfide) groups is 1. The van der Waals surface area contributed by atoms with Crippen LogP contribution in [0.2, 0.25) is 0 Å². The molecule has 0 unspecified atom stereocenters. The van der Waals surface area contributed by atoms with Gasteiger partial charge in [0, 0.05) is 19.3 Å². The minimum absolute atomic E-state index is 0.106. The van der Waals surface area contributed by atoms with Crippen molar-refractivity contribution >= 4 is 40.6 Å². The molecule has 116 valence electrons. The Balaban J connectivity index is 1.75. The van der Waals surface area contributed by atoms with Crippen molar-refractivity contribution in [3.05, 3.63) is 42.7 Å². The van der Waals surface area contributed by atoms with Gasteiger partial charge in [-0.25, -0.2) is 15.0 Å². The van der Waals surface area contributed by atoms with E-state index in [1.54, 1.807) is 18.5 Å². The minimum atomic E-state index is -0.261. The molecule has 23 heavy (non-hydrogen) atoms. The predicted octanol–water partition coefficient (Wildman–Crippen LogP) is 2.22. The third-order valence-electron chi connectivity index (χ3n) is 2.99. The molecule has 0 spiro atoms. The normalized spacial score (nSPS) is 10.7. The lowest BCUT2D eigenvalue weighted by molar-refractivity contribution is -0.113. The maximum absolute atomic E-state index is 11.9. The number of fused-ring (bicyclic) bond motifs is 1. The number of rotatable bonds is 4. The van der Waals surface area contributed by atoms with Gasteiger partial charge < -0.3 is 0 Å². The second-order valence-corrected chi connectivity index (χ2v) is 5.59. The number of anilines is 1. The van der Waals surface area contributed by atoms with Crippen molar-refractivity contribution in [2.24, 2.45) is 0 Å². The predicted molar refractivity (Wildman–Crippen MR) is 87.4 cm³/mol. The number of imidazole rings is 1. The topological polar surface area (TPSA) is 89.8 Å². The first-order chi connectivity index (χ1) is 11.1. The van der Waals surface area contributed by atoms with Gasteiger partial charge in [-0.05, 0) is 18.2 Å². The second-order valence-electron chi connectivity index (χ2n) is 4.65. The fraction of sp³-hybridized carbons (Fsp3) is 0.133. The molecule has 0 bridgehead atoms. The number of nitrogens with one attached hydrogen (secondary N) is 1. The number of nitrogens with zero attached hydrogens (tertiary/aromatic N) is 4. The van der Waals surface area contributed by atoms with E-state index in [9.17, 15) is 9.59 Å². The van der Waals surface area contributed by atoms with Gasteiger partial charge in [-0.3, -0.25) is 19.5 Å². The highest BCUT2D eigenvalue weighted by Crippen LogP contribution is 2.23. The molecule has 0 aliphatic carbocycles. The van der Waals surface area contributed by atoms with E-state index in [1.165, 1.54) is 23.3 Å². The third kappa shape index (κ3) is 3.37. The van der Waals surface area contributed by atoms with Gasteiger partial charge in [-0.15, -0.1) is 0 Å². The highest BCUT2D eigenvalue weighted by atomic mass is 32.2. The molecular formula is C15H13N5O2S. The zero-order valence-corrected chi connectivity index (χ0v) is 13.1. The Hall–Kier alpha value is -2.74. The van der Waals surface area contributed by atoms with Crippen molar-refractivity contribution in [3.63, 3.8) is 0 Å². The first kappa shape index (κ1) is 15.2. The van der Waals surface area contributed by atoms with Gasteiger partial charge in [0.1, 0.15) is 0 Å². The number of hydrogen-bond donors (Lipinski definition) is 1. The lowest BCUT2D eigenvalue weighted by Gasteiger charge is -2.05. The van der Waals surface area contributed by atoms with E-state index < -0.39 is 0 Å². The molecule has 2 heterocycles. The molecule has 3 rings (SSSR count). The van der Waals surface area contributed by atoms with Crippen molar-refractivity contribution in [1.82, 2.24) is 19.5 Å². The van der Waals surface area contributed by atoms with Crippen LogP contribution in [0.15, 0.2) is 47.9 Å². The summed E-state index contributed by atoms with van der Waals surface area (Å²) in [7, 11) is 0. The summed E-state index contributed by atoms with van der Waals surface area (Å²) in [4.78, 5) is 36.1. The average Bonchev–Trinajstić information content (AvgIpc) is 2.92. The number of carbonyl (C=O) groups excluding carboxylic acids is 2. The Bertz CT molecular complexity index is 863. The fourth-order valence-corrected chi connectivity index (χ4v) is 2.91. The first-order valence-electron chi connectivity index (χ1n) is 6.83. The molecule has 1 N–H and O–H groups in total. The Morgan fingerprint density at radius 1 is 1.17 bits per heavy atom. The van der Waals surface area contributed by atoms with E-state index in [0.717, 1.165) is 11.0 Å². The Morgan fingerprint density at radius 2 is 1.91 bits per heavy atom. The van der Waals surface area contributed by atoms with Gasteiger partial charge >= 0.3 is 0 Å². The number of benzene rings is 1. The zero-order valence-electron chi connectivity index (χ0n) is 12.3. The highest BCUT2D eigenvalue weighted by molar-refractivity contribution is 7.99. The molecule has 1 amide bonds. The number of amides is 1. The number of hydrogen-bond acceptors (Lipinski definition) is 6. The SMILES string of the molecule is CC(=O)n1c(SCC(=O)Nc2ncccn2)nc2ccccc21. The summed E-state index contributed by atoms with van der Waals surface area (Å²) in [5.74, 6) is -0.0518. The molecule has 1 aromatic carbocycles. The maximum atomic E-state index is 11.9. The zero-order chi connectivity index (χ0) is 16.2. The van der Waals surface area contributed by atoms with Crippen LogP contribution in [0.1, 0.15) is 11.7 Å². The van der Waals surface area contributed by atoms with Crippen LogP contribution in [-0.4, -0.2) is 37.1 Å². The number of para-hydroxylation sites is 2. The van der Waals surface area contributed by atoms with Crippen LogP contribution in [0.3, 0.4) is 0 Å². The third-order valence-corrected chi connectivity index (χ3v) is 3.93. The molecule has 0 saturated heterocycles. The molecule has 0 fully saturated rings. The van der Waals surface area contributed by atoms with Crippen LogP contribution in [0.25, 0.3) is 11.0 Å². The molecule has 0 atom stereocenters. The molecule has 0 radical (unpaired) electrons. The van der Waals surface area contributed by atoms with Crippen molar-refractivity contribution in [2.75, 3.05) is 11.1 Å². The smallest absolute Gasteiger partial charge is 0.237 e. The molecule has 8 heteroatoms. The summed E-state index contributed by atoms with van der Waals surface area (Å²) in [6.07, 6.45) is 3.09. The summed E-state index contributed by atoms with van der Waals surface area (Å²) >= 11 is 1.19. The van der Waals surface area contributed by atoms with Gasteiger partial charge in [0.25, 0.3) is 0 Å². The summed E-state index contributed by atoms with van der Waals surface area (Å²) in [6.45, 7) is 1.47. The molecule has 0 aliphatic rings. The van der Waals surface area contributed by atoms with Crippen LogP contribution in [0, 0.1) is 0 Å². The molecule has 0 aliphatic heterocycles. The largest absolute Gasteiger partial charge is 0.294 e. The number of carbonyl (C=O) groups is 2. The average molecular weight is 327 g/mol. The van der Waals surface area contributed by atoms with Crippen molar-refractivity contribution in [1.29, 1.82) is 0 Å². The van der Waals surface area contributed by atoms with E-state index in [2.05, 4.69) is 20.3 Å². The second kappa shape index (κ2) is 6.57. The Kier molecular flexibility index (Phi) is 4.33. The van der Waals surface area contributed by atoms with E-state index in [-0.39, 0.29) is 23.5 Å². The van der Waals surface area contributed by atoms with Crippen molar-refractivity contribution < 1.29 is 9.59 Å². The molecular weight excluding hydrogens is 314 g/mol. The van der Waals surface area contributed by atoms with Crippen LogP contribution >= 0.6 is 11.8 Å². The highest BCUT2D eigenvalue weighted by Gasteiger charge is 2.15. The number of aromatic nitrogens is 4. The minimum Gasteiger partial charge on any atom is -0.294 e. The van der Waals surface area contributed by atoms with Crippen molar-refractivity contribution in [3.8, 4) is 0 Å². The Labute approximate surface area is 136 Å². The van der Waals surface area contributed by atoms with E-state index in [4.69, 9.17) is 0 Å². The van der Waals surface area contributed by atoms with Crippen LogP contribution in [-0.2, 0) is 4.79 Å². The summed E-state index contributed by atoms with van der Waals surface area (Å²) < 4.78 is 1.51.